The summed E-state index contributed by atoms with van der Waals surface area (Å²) in [6.07, 6.45) is 1.04. The van der Waals surface area contributed by atoms with E-state index in [9.17, 15) is 13.6 Å². The lowest BCUT2D eigenvalue weighted by atomic mass is 10.0. The molecule has 0 bridgehead atoms. The van der Waals surface area contributed by atoms with Gasteiger partial charge in [0.05, 0.1) is 25.8 Å². The highest BCUT2D eigenvalue weighted by Crippen LogP contribution is 2.17. The summed E-state index contributed by atoms with van der Waals surface area (Å²) in [5.74, 6) is -1.38. The number of carbonyl (C=O) groups excluding carboxylic acids is 1. The van der Waals surface area contributed by atoms with E-state index in [4.69, 9.17) is 9.57 Å². The Balaban J connectivity index is 1.42. The zero-order valence-electron chi connectivity index (χ0n) is 14.9. The fourth-order valence-corrected chi connectivity index (χ4v) is 2.80. The zero-order chi connectivity index (χ0) is 19.2. The van der Waals surface area contributed by atoms with E-state index in [-0.39, 0.29) is 18.4 Å². The fraction of sp³-hybridized carbons (Fsp3) is 0.300. The Hall–Kier alpha value is -2.96. The molecule has 3 rings (SSSR count). The highest BCUT2D eigenvalue weighted by molar-refractivity contribution is 5.87. The van der Waals surface area contributed by atoms with E-state index in [2.05, 4.69) is 10.5 Å². The van der Waals surface area contributed by atoms with Gasteiger partial charge >= 0.3 is 0 Å². The van der Waals surface area contributed by atoms with Crippen LogP contribution in [0.5, 0.6) is 5.75 Å². The molecule has 0 fully saturated rings. The van der Waals surface area contributed by atoms with Crippen molar-refractivity contribution in [2.45, 2.75) is 25.4 Å². The third kappa shape index (κ3) is 5.26. The third-order valence-corrected chi connectivity index (χ3v) is 4.24. The van der Waals surface area contributed by atoms with Crippen LogP contribution < -0.4 is 10.1 Å². The van der Waals surface area contributed by atoms with Gasteiger partial charge in [-0.2, -0.15) is 0 Å². The lowest BCUT2D eigenvalue weighted by Gasteiger charge is -2.10. The van der Waals surface area contributed by atoms with Crippen molar-refractivity contribution in [2.75, 3.05) is 13.7 Å². The summed E-state index contributed by atoms with van der Waals surface area (Å²) in [6, 6.07) is 11.1. The number of rotatable bonds is 7. The van der Waals surface area contributed by atoms with Crippen LogP contribution in [0, 0.1) is 11.6 Å². The molecule has 2 aromatic carbocycles. The minimum absolute atomic E-state index is 0.0243. The minimum Gasteiger partial charge on any atom is -0.497 e. The van der Waals surface area contributed by atoms with E-state index in [1.54, 1.807) is 7.11 Å². The molecule has 1 amide bonds. The predicted octanol–water partition coefficient (Wildman–Crippen LogP) is 3.02. The molecule has 142 valence electrons. The van der Waals surface area contributed by atoms with Crippen molar-refractivity contribution >= 4 is 11.6 Å². The Morgan fingerprint density at radius 1 is 1.19 bits per heavy atom. The maximum atomic E-state index is 13.2. The second-order valence-electron chi connectivity index (χ2n) is 6.34. The third-order valence-electron chi connectivity index (χ3n) is 4.24. The molecule has 2 aromatic rings. The molecule has 1 atom stereocenters. The molecule has 0 saturated carbocycles. The number of amides is 1. The Morgan fingerprint density at radius 2 is 1.93 bits per heavy atom. The number of halogens is 2. The van der Waals surface area contributed by atoms with Gasteiger partial charge in [-0.05, 0) is 35.4 Å². The molecule has 1 N–H and O–H groups in total. The van der Waals surface area contributed by atoms with Crippen molar-refractivity contribution in [1.29, 1.82) is 0 Å². The molecule has 7 heteroatoms. The number of nitrogens with one attached hydrogen (secondary N) is 1. The number of ether oxygens (including phenoxy) is 1. The summed E-state index contributed by atoms with van der Waals surface area (Å²) in [5, 5.41) is 6.82. The number of benzene rings is 2. The summed E-state index contributed by atoms with van der Waals surface area (Å²) in [5.41, 5.74) is 2.41. The molecule has 0 spiro atoms. The average molecular weight is 374 g/mol. The molecule has 0 aromatic heterocycles. The Bertz CT molecular complexity index is 838. The first-order chi connectivity index (χ1) is 13.0. The highest BCUT2D eigenvalue weighted by atomic mass is 19.2. The lowest BCUT2D eigenvalue weighted by Crippen LogP contribution is -2.33. The van der Waals surface area contributed by atoms with Crippen molar-refractivity contribution in [3.8, 4) is 5.75 Å². The Morgan fingerprint density at radius 3 is 2.63 bits per heavy atom. The summed E-state index contributed by atoms with van der Waals surface area (Å²) >= 11 is 0. The monoisotopic (exact) mass is 374 g/mol. The molecule has 0 radical (unpaired) electrons. The highest BCUT2D eigenvalue weighted by Gasteiger charge is 2.21. The van der Waals surface area contributed by atoms with Gasteiger partial charge in [-0.15, -0.1) is 0 Å². The molecular formula is C20H20F2N2O3. The number of oxime groups is 1. The van der Waals surface area contributed by atoms with Gasteiger partial charge in [-0.3, -0.25) is 4.79 Å². The van der Waals surface area contributed by atoms with E-state index in [0.717, 1.165) is 29.2 Å². The minimum atomic E-state index is -0.962. The molecule has 27 heavy (non-hydrogen) atoms. The smallest absolute Gasteiger partial charge is 0.224 e. The van der Waals surface area contributed by atoms with Crippen molar-refractivity contribution in [3.05, 3.63) is 65.2 Å². The van der Waals surface area contributed by atoms with Crippen molar-refractivity contribution in [3.63, 3.8) is 0 Å². The van der Waals surface area contributed by atoms with Crippen LogP contribution in [0.2, 0.25) is 0 Å². The van der Waals surface area contributed by atoms with Gasteiger partial charge in [0.15, 0.2) is 11.6 Å². The molecule has 1 aliphatic rings. The van der Waals surface area contributed by atoms with Crippen LogP contribution in [0.4, 0.5) is 8.78 Å². The number of hydrogen-bond acceptors (Lipinski definition) is 4. The Labute approximate surface area is 156 Å². The first-order valence-electron chi connectivity index (χ1n) is 8.58. The molecule has 1 unspecified atom stereocenters. The molecule has 1 heterocycles. The van der Waals surface area contributed by atoms with E-state index >= 15 is 0 Å². The standard InChI is InChI=1S/C20H20F2N2O3/c1-26-16-5-2-13(3-6-16)8-15-11-17(27-24-15)12-23-20(25)10-14-4-7-18(21)19(22)9-14/h2-7,9,17H,8,10-12H2,1H3,(H,23,25). The maximum Gasteiger partial charge on any atom is 0.224 e. The van der Waals surface area contributed by atoms with Crippen molar-refractivity contribution < 1.29 is 23.1 Å². The average Bonchev–Trinajstić information content (AvgIpc) is 3.11. The van der Waals surface area contributed by atoms with Crippen molar-refractivity contribution in [2.24, 2.45) is 5.16 Å². The lowest BCUT2D eigenvalue weighted by molar-refractivity contribution is -0.121. The summed E-state index contributed by atoms with van der Waals surface area (Å²) < 4.78 is 31.2. The van der Waals surface area contributed by atoms with E-state index in [0.29, 0.717) is 24.9 Å². The molecule has 1 aliphatic heterocycles. The van der Waals surface area contributed by atoms with E-state index in [1.807, 2.05) is 24.3 Å². The SMILES string of the molecule is COc1ccc(CC2=NOC(CNC(=O)Cc3ccc(F)c(F)c3)C2)cc1. The van der Waals surface area contributed by atoms with Gasteiger partial charge in [0.25, 0.3) is 0 Å². The van der Waals surface area contributed by atoms with E-state index < -0.39 is 11.6 Å². The van der Waals surface area contributed by atoms with Gasteiger partial charge in [-0.1, -0.05) is 23.4 Å². The second-order valence-corrected chi connectivity index (χ2v) is 6.34. The first-order valence-corrected chi connectivity index (χ1v) is 8.58. The Kier molecular flexibility index (Phi) is 6.01. The summed E-state index contributed by atoms with van der Waals surface area (Å²) in [6.45, 7) is 0.304. The van der Waals surface area contributed by atoms with Crippen LogP contribution >= 0.6 is 0 Å². The largest absolute Gasteiger partial charge is 0.497 e. The quantitative estimate of drug-likeness (QED) is 0.811. The van der Waals surface area contributed by atoms with Crippen LogP contribution in [-0.2, 0) is 22.5 Å². The summed E-state index contributed by atoms with van der Waals surface area (Å²) in [4.78, 5) is 17.3. The van der Waals surface area contributed by atoms with Crippen LogP contribution in [-0.4, -0.2) is 31.4 Å². The second kappa shape index (κ2) is 8.62. The van der Waals surface area contributed by atoms with Gasteiger partial charge in [-0.25, -0.2) is 8.78 Å². The number of hydrogen-bond donors (Lipinski definition) is 1. The van der Waals surface area contributed by atoms with Crippen LogP contribution in [0.3, 0.4) is 0 Å². The molecule has 0 aliphatic carbocycles. The van der Waals surface area contributed by atoms with Gasteiger partial charge in [0, 0.05) is 12.8 Å². The molecule has 0 saturated heterocycles. The molecule has 5 nitrogen and oxygen atoms in total. The van der Waals surface area contributed by atoms with Crippen LogP contribution in [0.1, 0.15) is 17.5 Å². The van der Waals surface area contributed by atoms with Crippen LogP contribution in [0.15, 0.2) is 47.6 Å². The predicted molar refractivity (Wildman–Crippen MR) is 96.7 cm³/mol. The summed E-state index contributed by atoms with van der Waals surface area (Å²) in [7, 11) is 1.62. The fourth-order valence-electron chi connectivity index (χ4n) is 2.80. The normalized spacial score (nSPS) is 15.8. The molecular weight excluding hydrogens is 354 g/mol. The first kappa shape index (κ1) is 18.8. The van der Waals surface area contributed by atoms with Gasteiger partial charge < -0.3 is 14.9 Å². The number of methoxy groups -OCH3 is 1. The van der Waals surface area contributed by atoms with Crippen LogP contribution in [0.25, 0.3) is 0 Å². The zero-order valence-corrected chi connectivity index (χ0v) is 14.9. The number of carbonyl (C=O) groups is 1. The number of nitrogens with zero attached hydrogens (tertiary/aromatic N) is 1. The van der Waals surface area contributed by atoms with E-state index in [1.165, 1.54) is 6.07 Å². The van der Waals surface area contributed by atoms with Crippen molar-refractivity contribution in [1.82, 2.24) is 5.32 Å². The van der Waals surface area contributed by atoms with Gasteiger partial charge in [0.1, 0.15) is 11.9 Å². The maximum absolute atomic E-state index is 13.2. The topological polar surface area (TPSA) is 59.9 Å². The van der Waals surface area contributed by atoms with Gasteiger partial charge in [0.2, 0.25) is 5.91 Å².